The molecule has 2 fully saturated rings. The van der Waals surface area contributed by atoms with Crippen LogP contribution < -0.4 is 0 Å². The zero-order valence-electron chi connectivity index (χ0n) is 12.2. The van der Waals surface area contributed by atoms with Crippen molar-refractivity contribution in [2.45, 2.75) is 48.1 Å². The predicted octanol–water partition coefficient (Wildman–Crippen LogP) is 2.49. The molecule has 1 unspecified atom stereocenters. The van der Waals surface area contributed by atoms with Crippen molar-refractivity contribution in [1.82, 2.24) is 0 Å². The van der Waals surface area contributed by atoms with Gasteiger partial charge in [0.1, 0.15) is 6.10 Å². The first-order valence-electron chi connectivity index (χ1n) is 7.39. The highest BCUT2D eigenvalue weighted by Gasteiger charge is 2.48. The Labute approximate surface area is 129 Å². The van der Waals surface area contributed by atoms with Gasteiger partial charge < -0.3 is 19.7 Å². The predicted molar refractivity (Wildman–Crippen MR) is 81.2 cm³/mol. The quantitative estimate of drug-likeness (QED) is 0.840. The lowest BCUT2D eigenvalue weighted by atomic mass is 9.76. The van der Waals surface area contributed by atoms with Gasteiger partial charge in [0, 0.05) is 17.7 Å². The third-order valence-corrected chi connectivity index (χ3v) is 5.38. The van der Waals surface area contributed by atoms with Crippen LogP contribution in [0.1, 0.15) is 37.4 Å². The molecule has 1 atom stereocenters. The van der Waals surface area contributed by atoms with Gasteiger partial charge in [-0.15, -0.1) is 11.8 Å². The Hall–Kier alpha value is -0.590. The number of hydrogen-bond donors (Lipinski definition) is 2. The van der Waals surface area contributed by atoms with Gasteiger partial charge in [0.25, 0.3) is 0 Å². The Balaban J connectivity index is 1.70. The van der Waals surface area contributed by atoms with Crippen LogP contribution in [0.5, 0.6) is 0 Å². The molecule has 0 aromatic heterocycles. The second-order valence-corrected chi connectivity index (χ2v) is 6.77. The lowest BCUT2D eigenvalue weighted by Gasteiger charge is -2.42. The van der Waals surface area contributed by atoms with Crippen LogP contribution in [0.15, 0.2) is 29.2 Å². The normalized spacial score (nSPS) is 25.1. The van der Waals surface area contributed by atoms with Gasteiger partial charge in [-0.05, 0) is 36.8 Å². The highest BCUT2D eigenvalue weighted by molar-refractivity contribution is 7.98. The Kier molecular flexibility index (Phi) is 4.30. The Morgan fingerprint density at radius 3 is 2.14 bits per heavy atom. The summed E-state index contributed by atoms with van der Waals surface area (Å²) in [5.41, 5.74) is -0.332. The summed E-state index contributed by atoms with van der Waals surface area (Å²) in [5, 5.41) is 21.4. The second kappa shape index (κ2) is 5.89. The molecule has 2 N–H and O–H groups in total. The average molecular weight is 310 g/mol. The molecule has 0 amide bonds. The number of aliphatic hydroxyl groups excluding tert-OH is 1. The fourth-order valence-corrected chi connectivity index (χ4v) is 3.63. The minimum atomic E-state index is -1.10. The molecule has 0 radical (unpaired) electrons. The van der Waals surface area contributed by atoms with Crippen molar-refractivity contribution >= 4 is 11.8 Å². The number of rotatable bonds is 3. The average Bonchev–Trinajstić information content (AvgIpc) is 2.99. The number of benzene rings is 1. The fourth-order valence-electron chi connectivity index (χ4n) is 3.22. The van der Waals surface area contributed by atoms with Gasteiger partial charge in [-0.2, -0.15) is 0 Å². The van der Waals surface area contributed by atoms with Gasteiger partial charge >= 0.3 is 0 Å². The number of hydrogen-bond acceptors (Lipinski definition) is 5. The highest BCUT2D eigenvalue weighted by atomic mass is 32.2. The summed E-state index contributed by atoms with van der Waals surface area (Å²) in [7, 11) is 0. The monoisotopic (exact) mass is 310 g/mol. The van der Waals surface area contributed by atoms with Gasteiger partial charge in [0.15, 0.2) is 5.79 Å². The molecule has 1 aliphatic carbocycles. The van der Waals surface area contributed by atoms with Gasteiger partial charge in [-0.3, -0.25) is 0 Å². The van der Waals surface area contributed by atoms with Crippen LogP contribution in [0.25, 0.3) is 0 Å². The standard InChI is InChI=1S/C16H22O4S/c1-21-13-4-2-12(3-5-13)14(17)15(18)6-8-16(9-7-15)19-10-11-20-16/h2-5,14,17-18H,6-11H2,1H3. The van der Waals surface area contributed by atoms with Crippen LogP contribution in [0.2, 0.25) is 0 Å². The van der Waals surface area contributed by atoms with Crippen molar-refractivity contribution in [2.75, 3.05) is 19.5 Å². The van der Waals surface area contributed by atoms with Crippen molar-refractivity contribution in [3.8, 4) is 0 Å². The summed E-state index contributed by atoms with van der Waals surface area (Å²) >= 11 is 1.66. The third-order valence-electron chi connectivity index (χ3n) is 4.63. The van der Waals surface area contributed by atoms with Crippen LogP contribution >= 0.6 is 11.8 Å². The Morgan fingerprint density at radius 2 is 1.62 bits per heavy atom. The maximum Gasteiger partial charge on any atom is 0.168 e. The number of aliphatic hydroxyl groups is 2. The smallest absolute Gasteiger partial charge is 0.168 e. The van der Waals surface area contributed by atoms with E-state index >= 15 is 0 Å². The first-order valence-corrected chi connectivity index (χ1v) is 8.62. The topological polar surface area (TPSA) is 58.9 Å². The van der Waals surface area contributed by atoms with E-state index in [-0.39, 0.29) is 0 Å². The molecular weight excluding hydrogens is 288 g/mol. The van der Waals surface area contributed by atoms with Crippen LogP contribution in [0.4, 0.5) is 0 Å². The lowest BCUT2D eigenvalue weighted by molar-refractivity contribution is -0.217. The summed E-state index contributed by atoms with van der Waals surface area (Å²) in [4.78, 5) is 1.15. The minimum Gasteiger partial charge on any atom is -0.387 e. The van der Waals surface area contributed by atoms with Crippen molar-refractivity contribution < 1.29 is 19.7 Å². The van der Waals surface area contributed by atoms with Crippen LogP contribution in [0.3, 0.4) is 0 Å². The highest BCUT2D eigenvalue weighted by Crippen LogP contribution is 2.45. The molecule has 1 aliphatic heterocycles. The van der Waals surface area contributed by atoms with E-state index in [0.29, 0.717) is 38.9 Å². The molecule has 2 aliphatic rings. The van der Waals surface area contributed by atoms with E-state index in [2.05, 4.69) is 0 Å². The Bertz CT molecular complexity index is 472. The molecule has 4 nitrogen and oxygen atoms in total. The van der Waals surface area contributed by atoms with Gasteiger partial charge in [0.05, 0.1) is 18.8 Å². The first kappa shape index (κ1) is 15.3. The number of ether oxygens (including phenoxy) is 2. The van der Waals surface area contributed by atoms with E-state index in [1.807, 2.05) is 30.5 Å². The molecule has 1 saturated carbocycles. The molecule has 1 aromatic rings. The summed E-state index contributed by atoms with van der Waals surface area (Å²) in [6.45, 7) is 1.24. The first-order chi connectivity index (χ1) is 10.1. The molecule has 21 heavy (non-hydrogen) atoms. The maximum absolute atomic E-state index is 10.8. The molecule has 1 spiro atoms. The van der Waals surface area contributed by atoms with Crippen LogP contribution in [-0.4, -0.2) is 41.1 Å². The minimum absolute atomic E-state index is 0.485. The molecule has 1 heterocycles. The fraction of sp³-hybridized carbons (Fsp3) is 0.625. The third kappa shape index (κ3) is 2.98. The summed E-state index contributed by atoms with van der Waals surface area (Å²) in [6.07, 6.45) is 3.37. The van der Waals surface area contributed by atoms with Crippen molar-refractivity contribution in [3.63, 3.8) is 0 Å². The van der Waals surface area contributed by atoms with Crippen LogP contribution in [-0.2, 0) is 9.47 Å². The molecule has 0 bridgehead atoms. The molecule has 3 rings (SSSR count). The van der Waals surface area contributed by atoms with E-state index in [4.69, 9.17) is 9.47 Å². The van der Waals surface area contributed by atoms with E-state index in [0.717, 1.165) is 10.5 Å². The number of thioether (sulfide) groups is 1. The van der Waals surface area contributed by atoms with Gasteiger partial charge in [0.2, 0.25) is 0 Å². The molecule has 1 aromatic carbocycles. The SMILES string of the molecule is CSc1ccc(C(O)C2(O)CCC3(CC2)OCCO3)cc1. The zero-order chi connectivity index (χ0) is 14.9. The lowest BCUT2D eigenvalue weighted by Crippen LogP contribution is -2.46. The van der Waals surface area contributed by atoms with Gasteiger partial charge in [-0.25, -0.2) is 0 Å². The van der Waals surface area contributed by atoms with Crippen LogP contribution in [0, 0.1) is 0 Å². The van der Waals surface area contributed by atoms with E-state index < -0.39 is 17.5 Å². The van der Waals surface area contributed by atoms with Crippen molar-refractivity contribution in [2.24, 2.45) is 0 Å². The Morgan fingerprint density at radius 1 is 1.05 bits per heavy atom. The summed E-state index contributed by atoms with van der Waals surface area (Å²) < 4.78 is 11.3. The molecular formula is C16H22O4S. The molecule has 5 heteroatoms. The van der Waals surface area contributed by atoms with Crippen molar-refractivity contribution in [3.05, 3.63) is 29.8 Å². The second-order valence-electron chi connectivity index (χ2n) is 5.89. The van der Waals surface area contributed by atoms with Gasteiger partial charge in [-0.1, -0.05) is 12.1 Å². The van der Waals surface area contributed by atoms with Crippen molar-refractivity contribution in [1.29, 1.82) is 0 Å². The largest absolute Gasteiger partial charge is 0.387 e. The maximum atomic E-state index is 10.8. The summed E-state index contributed by atoms with van der Waals surface area (Å²) in [6, 6.07) is 7.73. The zero-order valence-corrected chi connectivity index (χ0v) is 13.1. The molecule has 116 valence electrons. The van der Waals surface area contributed by atoms with E-state index in [9.17, 15) is 10.2 Å². The summed E-state index contributed by atoms with van der Waals surface area (Å²) in [5.74, 6) is -0.519. The molecule has 1 saturated heterocycles. The van der Waals surface area contributed by atoms with E-state index in [1.54, 1.807) is 11.8 Å². The van der Waals surface area contributed by atoms with E-state index in [1.165, 1.54) is 0 Å².